The molecule has 2 heterocycles. The van der Waals surface area contributed by atoms with Gasteiger partial charge in [0.25, 0.3) is 11.5 Å². The Morgan fingerprint density at radius 1 is 1.18 bits per heavy atom. The molecular weight excluding hydrogens is 382 g/mol. The van der Waals surface area contributed by atoms with E-state index in [1.807, 2.05) is 17.5 Å². The van der Waals surface area contributed by atoms with Crippen molar-refractivity contribution in [3.63, 3.8) is 0 Å². The number of carbonyl (C=O) groups is 1. The third-order valence-electron chi connectivity index (χ3n) is 3.92. The monoisotopic (exact) mass is 401 g/mol. The molecule has 1 amide bonds. The van der Waals surface area contributed by atoms with Gasteiger partial charge in [-0.15, -0.1) is 11.3 Å². The lowest BCUT2D eigenvalue weighted by Gasteiger charge is -2.09. The van der Waals surface area contributed by atoms with Gasteiger partial charge in [-0.25, -0.2) is 4.79 Å². The highest BCUT2D eigenvalue weighted by atomic mass is 32.1. The summed E-state index contributed by atoms with van der Waals surface area (Å²) in [6.45, 7) is 0.548. The largest absolute Gasteiger partial charge is 0.497 e. The number of thiophene rings is 1. The summed E-state index contributed by atoms with van der Waals surface area (Å²) >= 11 is 1.43. The van der Waals surface area contributed by atoms with Crippen molar-refractivity contribution in [3.8, 4) is 11.5 Å². The predicted molar refractivity (Wildman–Crippen MR) is 106 cm³/mol. The van der Waals surface area contributed by atoms with Crippen molar-refractivity contribution < 1.29 is 14.3 Å². The van der Waals surface area contributed by atoms with Crippen LogP contribution in [0.4, 0.5) is 0 Å². The number of benzene rings is 1. The number of carbonyl (C=O) groups excluding carboxylic acids is 1. The van der Waals surface area contributed by atoms with Crippen molar-refractivity contribution in [1.82, 2.24) is 14.9 Å². The molecule has 8 nitrogen and oxygen atoms in total. The van der Waals surface area contributed by atoms with Crippen LogP contribution >= 0.6 is 11.3 Å². The molecule has 3 aromatic rings. The summed E-state index contributed by atoms with van der Waals surface area (Å²) in [7, 11) is 1.58. The lowest BCUT2D eigenvalue weighted by atomic mass is 10.3. The number of rotatable bonds is 8. The van der Waals surface area contributed by atoms with Gasteiger partial charge in [-0.3, -0.25) is 14.2 Å². The zero-order valence-corrected chi connectivity index (χ0v) is 16.0. The first-order valence-corrected chi connectivity index (χ1v) is 9.36. The van der Waals surface area contributed by atoms with Crippen LogP contribution in [0.25, 0.3) is 0 Å². The van der Waals surface area contributed by atoms with Crippen LogP contribution in [-0.2, 0) is 6.54 Å². The van der Waals surface area contributed by atoms with Gasteiger partial charge in [0.05, 0.1) is 20.2 Å². The predicted octanol–water partition coefficient (Wildman–Crippen LogP) is 1.46. The van der Waals surface area contributed by atoms with E-state index in [1.165, 1.54) is 11.3 Å². The smallest absolute Gasteiger partial charge is 0.328 e. The Morgan fingerprint density at radius 2 is 1.93 bits per heavy atom. The van der Waals surface area contributed by atoms with E-state index >= 15 is 0 Å². The standard InChI is InChI=1S/C19H19N3O5S/c1-26-13-4-6-14(7-5-13)27-9-8-20-17(23)16-11-21-19(25)22(18(16)24)12-15-3-2-10-28-15/h2-7,10-11H,8-9,12H2,1H3,(H,20,23)(H,21,25). The Hall–Kier alpha value is -3.33. The molecule has 0 saturated carbocycles. The first kappa shape index (κ1) is 19.4. The Balaban J connectivity index is 1.59. The van der Waals surface area contributed by atoms with Crippen LogP contribution in [0.5, 0.6) is 11.5 Å². The van der Waals surface area contributed by atoms with Crippen molar-refractivity contribution >= 4 is 17.2 Å². The number of aromatic nitrogens is 2. The Kier molecular flexibility index (Phi) is 6.28. The molecule has 28 heavy (non-hydrogen) atoms. The number of nitrogens with one attached hydrogen (secondary N) is 2. The number of nitrogens with zero attached hydrogens (tertiary/aromatic N) is 1. The fraction of sp³-hybridized carbons (Fsp3) is 0.211. The molecule has 0 spiro atoms. The Labute approximate surface area is 164 Å². The summed E-state index contributed by atoms with van der Waals surface area (Å²) in [6.07, 6.45) is 1.13. The van der Waals surface area contributed by atoms with Crippen molar-refractivity contribution in [3.05, 3.63) is 79.3 Å². The van der Waals surface area contributed by atoms with Gasteiger partial charge < -0.3 is 19.8 Å². The highest BCUT2D eigenvalue weighted by Gasteiger charge is 2.15. The molecule has 0 radical (unpaired) electrons. The lowest BCUT2D eigenvalue weighted by molar-refractivity contribution is 0.0944. The van der Waals surface area contributed by atoms with Gasteiger partial charge in [-0.1, -0.05) is 6.07 Å². The minimum absolute atomic E-state index is 0.119. The van der Waals surface area contributed by atoms with Crippen LogP contribution < -0.4 is 26.0 Å². The number of aromatic amines is 1. The van der Waals surface area contributed by atoms with Gasteiger partial charge in [-0.2, -0.15) is 0 Å². The first-order valence-electron chi connectivity index (χ1n) is 8.48. The highest BCUT2D eigenvalue weighted by Crippen LogP contribution is 2.16. The normalized spacial score (nSPS) is 10.5. The van der Waals surface area contributed by atoms with E-state index in [-0.39, 0.29) is 25.3 Å². The molecule has 1 aromatic carbocycles. The molecule has 2 aromatic heterocycles. The molecule has 0 fully saturated rings. The maximum atomic E-state index is 12.5. The SMILES string of the molecule is COc1ccc(OCCNC(=O)c2c[nH]c(=O)n(Cc3cccs3)c2=O)cc1. The first-order chi connectivity index (χ1) is 13.6. The van der Waals surface area contributed by atoms with Crippen LogP contribution in [0.2, 0.25) is 0 Å². The van der Waals surface area contributed by atoms with Gasteiger partial charge in [0.1, 0.15) is 23.7 Å². The number of methoxy groups -OCH3 is 1. The minimum Gasteiger partial charge on any atom is -0.497 e. The van der Waals surface area contributed by atoms with Gasteiger partial charge in [0, 0.05) is 11.1 Å². The van der Waals surface area contributed by atoms with E-state index in [0.717, 1.165) is 21.4 Å². The van der Waals surface area contributed by atoms with E-state index in [2.05, 4.69) is 10.3 Å². The summed E-state index contributed by atoms with van der Waals surface area (Å²) in [4.78, 5) is 40.1. The fourth-order valence-electron chi connectivity index (χ4n) is 2.48. The number of hydrogen-bond donors (Lipinski definition) is 2. The molecule has 0 aliphatic rings. The molecule has 0 aliphatic heterocycles. The number of hydrogen-bond acceptors (Lipinski definition) is 6. The van der Waals surface area contributed by atoms with Gasteiger partial charge in [-0.05, 0) is 35.7 Å². The van der Waals surface area contributed by atoms with Crippen molar-refractivity contribution in [2.24, 2.45) is 0 Å². The summed E-state index contributed by atoms with van der Waals surface area (Å²) in [5.74, 6) is 0.787. The van der Waals surface area contributed by atoms with Gasteiger partial charge in [0.15, 0.2) is 0 Å². The second kappa shape index (κ2) is 9.05. The van der Waals surface area contributed by atoms with Crippen LogP contribution in [0.15, 0.2) is 57.6 Å². The lowest BCUT2D eigenvalue weighted by Crippen LogP contribution is -2.41. The molecule has 0 unspecified atom stereocenters. The summed E-state index contributed by atoms with van der Waals surface area (Å²) in [5, 5.41) is 4.47. The minimum atomic E-state index is -0.634. The molecule has 0 aliphatic carbocycles. The zero-order chi connectivity index (χ0) is 19.9. The van der Waals surface area contributed by atoms with Crippen LogP contribution in [0.1, 0.15) is 15.2 Å². The Bertz CT molecular complexity index is 1040. The molecular formula is C19H19N3O5S. The van der Waals surface area contributed by atoms with E-state index < -0.39 is 17.2 Å². The van der Waals surface area contributed by atoms with Crippen molar-refractivity contribution in [2.45, 2.75) is 6.54 Å². The van der Waals surface area contributed by atoms with Gasteiger partial charge in [0.2, 0.25) is 0 Å². The molecule has 2 N–H and O–H groups in total. The third kappa shape index (κ3) is 4.68. The Morgan fingerprint density at radius 3 is 2.61 bits per heavy atom. The molecule has 0 bridgehead atoms. The summed E-state index contributed by atoms with van der Waals surface area (Å²) < 4.78 is 11.6. The highest BCUT2D eigenvalue weighted by molar-refractivity contribution is 7.09. The van der Waals surface area contributed by atoms with Crippen molar-refractivity contribution in [1.29, 1.82) is 0 Å². The summed E-state index contributed by atoms with van der Waals surface area (Å²) in [6, 6.07) is 10.7. The van der Waals surface area contributed by atoms with E-state index in [9.17, 15) is 14.4 Å². The maximum Gasteiger partial charge on any atom is 0.328 e. The van der Waals surface area contributed by atoms with Crippen molar-refractivity contribution in [2.75, 3.05) is 20.3 Å². The zero-order valence-electron chi connectivity index (χ0n) is 15.1. The molecule has 3 rings (SSSR count). The van der Waals surface area contributed by atoms with Crippen LogP contribution in [-0.4, -0.2) is 35.7 Å². The van der Waals surface area contributed by atoms with E-state index in [0.29, 0.717) is 5.75 Å². The molecule has 0 saturated heterocycles. The fourth-order valence-corrected chi connectivity index (χ4v) is 3.17. The van der Waals surface area contributed by atoms with E-state index in [4.69, 9.17) is 9.47 Å². The van der Waals surface area contributed by atoms with Gasteiger partial charge >= 0.3 is 5.69 Å². The second-order valence-corrected chi connectivity index (χ2v) is 6.79. The third-order valence-corrected chi connectivity index (χ3v) is 4.78. The number of ether oxygens (including phenoxy) is 2. The quantitative estimate of drug-likeness (QED) is 0.557. The molecule has 9 heteroatoms. The number of amides is 1. The second-order valence-electron chi connectivity index (χ2n) is 5.76. The summed E-state index contributed by atoms with van der Waals surface area (Å²) in [5.41, 5.74) is -1.32. The van der Waals surface area contributed by atoms with Crippen LogP contribution in [0, 0.1) is 0 Å². The number of H-pyrrole nitrogens is 1. The molecule has 146 valence electrons. The maximum absolute atomic E-state index is 12.5. The average Bonchev–Trinajstić information content (AvgIpc) is 3.22. The van der Waals surface area contributed by atoms with Crippen LogP contribution in [0.3, 0.4) is 0 Å². The average molecular weight is 401 g/mol. The van der Waals surface area contributed by atoms with E-state index in [1.54, 1.807) is 31.4 Å². The molecule has 0 atom stereocenters. The topological polar surface area (TPSA) is 102 Å².